The Morgan fingerprint density at radius 1 is 1.31 bits per heavy atom. The molecule has 92 valence electrons. The molecule has 2 aliphatic carbocycles. The maximum absolute atomic E-state index is 11.0. The largest absolute Gasteiger partial charge is 0.369 e. The third-order valence-electron chi connectivity index (χ3n) is 4.31. The van der Waals surface area contributed by atoms with E-state index in [4.69, 9.17) is 8.92 Å². The summed E-state index contributed by atoms with van der Waals surface area (Å²) in [4.78, 5) is 0. The lowest BCUT2D eigenvalue weighted by Crippen LogP contribution is -2.33. The third kappa shape index (κ3) is 2.00. The lowest BCUT2D eigenvalue weighted by Gasteiger charge is -2.30. The van der Waals surface area contributed by atoms with E-state index in [1.54, 1.807) is 0 Å². The van der Waals surface area contributed by atoms with E-state index in [0.29, 0.717) is 36.6 Å². The predicted molar refractivity (Wildman–Crippen MR) is 58.4 cm³/mol. The van der Waals surface area contributed by atoms with Crippen LogP contribution in [0.15, 0.2) is 0 Å². The van der Waals surface area contributed by atoms with Crippen LogP contribution in [0.25, 0.3) is 0 Å². The Kier molecular flexibility index (Phi) is 2.53. The van der Waals surface area contributed by atoms with Gasteiger partial charge in [0.15, 0.2) is 0 Å². The molecular weight excluding hydrogens is 228 g/mol. The summed E-state index contributed by atoms with van der Waals surface area (Å²) < 4.78 is 32.6. The van der Waals surface area contributed by atoms with Gasteiger partial charge in [0.1, 0.15) is 0 Å². The first-order chi connectivity index (χ1) is 7.54. The number of fused-ring (bicyclic) bond motifs is 3. The van der Waals surface area contributed by atoms with Gasteiger partial charge in [0.05, 0.1) is 25.1 Å². The molecule has 0 aromatic carbocycles. The normalized spacial score (nSPS) is 46.2. The van der Waals surface area contributed by atoms with Gasteiger partial charge in [-0.25, -0.2) is 0 Å². The first kappa shape index (κ1) is 11.0. The molecule has 1 heterocycles. The van der Waals surface area contributed by atoms with Gasteiger partial charge in [-0.2, -0.15) is 8.42 Å². The Bertz CT molecular complexity index is 377. The summed E-state index contributed by atoms with van der Waals surface area (Å²) in [6, 6.07) is 0. The van der Waals surface area contributed by atoms with Crippen LogP contribution >= 0.6 is 0 Å². The zero-order chi connectivity index (χ0) is 11.3. The van der Waals surface area contributed by atoms with Crippen LogP contribution < -0.4 is 0 Å². The highest BCUT2D eigenvalue weighted by atomic mass is 32.2. The molecular formula is C11H18O4S. The van der Waals surface area contributed by atoms with E-state index in [-0.39, 0.29) is 0 Å². The fourth-order valence-electron chi connectivity index (χ4n) is 3.61. The average Bonchev–Trinajstić information content (AvgIpc) is 2.80. The van der Waals surface area contributed by atoms with Crippen LogP contribution in [-0.2, 0) is 19.0 Å². The Morgan fingerprint density at radius 3 is 2.81 bits per heavy atom. The van der Waals surface area contributed by atoms with E-state index < -0.39 is 10.1 Å². The highest BCUT2D eigenvalue weighted by Gasteiger charge is 2.56. The van der Waals surface area contributed by atoms with E-state index >= 15 is 0 Å². The summed E-state index contributed by atoms with van der Waals surface area (Å²) in [5.41, 5.74) is 0. The van der Waals surface area contributed by atoms with Gasteiger partial charge >= 0.3 is 0 Å². The molecule has 0 aromatic heterocycles. The van der Waals surface area contributed by atoms with Gasteiger partial charge in [0.2, 0.25) is 0 Å². The lowest BCUT2D eigenvalue weighted by molar-refractivity contribution is 0.140. The van der Waals surface area contributed by atoms with Crippen molar-refractivity contribution in [2.75, 3.05) is 12.9 Å². The zero-order valence-electron chi connectivity index (χ0n) is 9.46. The maximum atomic E-state index is 11.0. The van der Waals surface area contributed by atoms with E-state index in [2.05, 4.69) is 0 Å². The van der Waals surface area contributed by atoms with E-state index in [0.717, 1.165) is 12.7 Å². The van der Waals surface area contributed by atoms with Gasteiger partial charge < -0.3 is 4.74 Å². The standard InChI is InChI=1S/C11H18O4S/c1-16(12,13)14-6-7-5-10-11(15-10)9-4-2-3-8(7)9/h7-11H,2-6H2,1H3/t7-,8-,9+,10-,11+/m0/s1. The fraction of sp³-hybridized carbons (Fsp3) is 1.00. The number of rotatable bonds is 3. The number of ether oxygens (including phenoxy) is 1. The molecule has 0 amide bonds. The minimum Gasteiger partial charge on any atom is -0.369 e. The fourth-order valence-corrected chi connectivity index (χ4v) is 4.03. The summed E-state index contributed by atoms with van der Waals surface area (Å²) in [6.07, 6.45) is 6.72. The summed E-state index contributed by atoms with van der Waals surface area (Å²) in [5, 5.41) is 0. The van der Waals surface area contributed by atoms with Crippen molar-refractivity contribution in [1.29, 1.82) is 0 Å². The van der Waals surface area contributed by atoms with Crippen molar-refractivity contribution in [3.05, 3.63) is 0 Å². The molecule has 16 heavy (non-hydrogen) atoms. The zero-order valence-corrected chi connectivity index (χ0v) is 10.3. The number of hydrogen-bond acceptors (Lipinski definition) is 4. The molecule has 0 unspecified atom stereocenters. The van der Waals surface area contributed by atoms with Gasteiger partial charge in [-0.3, -0.25) is 4.18 Å². The second kappa shape index (κ2) is 3.68. The molecule has 0 N–H and O–H groups in total. The minimum atomic E-state index is -3.30. The number of hydrogen-bond donors (Lipinski definition) is 0. The molecule has 3 rings (SSSR count). The average molecular weight is 246 g/mol. The molecule has 1 aliphatic heterocycles. The van der Waals surface area contributed by atoms with E-state index in [1.165, 1.54) is 19.3 Å². The molecule has 5 heteroatoms. The molecule has 3 aliphatic rings. The summed E-state index contributed by atoms with van der Waals surface area (Å²) in [7, 11) is -3.30. The lowest BCUT2D eigenvalue weighted by atomic mass is 9.74. The van der Waals surface area contributed by atoms with Gasteiger partial charge in [0, 0.05) is 0 Å². The van der Waals surface area contributed by atoms with Gasteiger partial charge in [-0.1, -0.05) is 6.42 Å². The van der Waals surface area contributed by atoms with Crippen LogP contribution in [-0.4, -0.2) is 33.5 Å². The summed E-state index contributed by atoms with van der Waals surface area (Å²) >= 11 is 0. The van der Waals surface area contributed by atoms with Gasteiger partial charge in [-0.05, 0) is 37.0 Å². The van der Waals surface area contributed by atoms with Crippen LogP contribution in [0, 0.1) is 17.8 Å². The molecule has 0 radical (unpaired) electrons. The SMILES string of the molecule is CS(=O)(=O)OC[C@@H]1C[C@@H]2O[C@@H]2[C@@H]2CCC[C@@H]12. The molecule has 4 nitrogen and oxygen atoms in total. The van der Waals surface area contributed by atoms with Crippen molar-refractivity contribution in [3.63, 3.8) is 0 Å². The smallest absolute Gasteiger partial charge is 0.264 e. The summed E-state index contributed by atoms with van der Waals surface area (Å²) in [5.74, 6) is 1.68. The molecule has 1 saturated heterocycles. The Labute approximate surface area is 96.4 Å². The van der Waals surface area contributed by atoms with Gasteiger partial charge in [-0.15, -0.1) is 0 Å². The molecule has 2 saturated carbocycles. The van der Waals surface area contributed by atoms with Crippen LogP contribution in [0.3, 0.4) is 0 Å². The Hall–Kier alpha value is -0.130. The number of epoxide rings is 1. The second-order valence-corrected chi connectivity index (χ2v) is 7.03. The molecule has 0 spiro atoms. The third-order valence-corrected chi connectivity index (χ3v) is 4.87. The molecule has 0 aromatic rings. The van der Waals surface area contributed by atoms with Crippen LogP contribution in [0.4, 0.5) is 0 Å². The van der Waals surface area contributed by atoms with Crippen molar-refractivity contribution < 1.29 is 17.3 Å². The summed E-state index contributed by atoms with van der Waals surface area (Å²) in [6.45, 7) is 0.354. The highest BCUT2D eigenvalue weighted by molar-refractivity contribution is 7.85. The van der Waals surface area contributed by atoms with Crippen LogP contribution in [0.2, 0.25) is 0 Å². The predicted octanol–water partition coefficient (Wildman–Crippen LogP) is 1.17. The van der Waals surface area contributed by atoms with Crippen molar-refractivity contribution >= 4 is 10.1 Å². The Balaban J connectivity index is 1.66. The van der Waals surface area contributed by atoms with E-state index in [9.17, 15) is 8.42 Å². The van der Waals surface area contributed by atoms with Gasteiger partial charge in [0.25, 0.3) is 10.1 Å². The first-order valence-electron chi connectivity index (χ1n) is 6.04. The molecule has 0 bridgehead atoms. The first-order valence-corrected chi connectivity index (χ1v) is 7.86. The minimum absolute atomic E-state index is 0.354. The van der Waals surface area contributed by atoms with E-state index in [1.807, 2.05) is 0 Å². The van der Waals surface area contributed by atoms with Crippen molar-refractivity contribution in [3.8, 4) is 0 Å². The van der Waals surface area contributed by atoms with Crippen molar-refractivity contribution in [1.82, 2.24) is 0 Å². The quantitative estimate of drug-likeness (QED) is 0.554. The molecule has 5 atom stereocenters. The second-order valence-electron chi connectivity index (χ2n) is 5.38. The highest BCUT2D eigenvalue weighted by Crippen LogP contribution is 2.53. The molecule has 3 fully saturated rings. The monoisotopic (exact) mass is 246 g/mol. The topological polar surface area (TPSA) is 55.9 Å². The van der Waals surface area contributed by atoms with Crippen LogP contribution in [0.5, 0.6) is 0 Å². The van der Waals surface area contributed by atoms with Crippen LogP contribution in [0.1, 0.15) is 25.7 Å². The van der Waals surface area contributed by atoms with Crippen molar-refractivity contribution in [2.45, 2.75) is 37.9 Å². The maximum Gasteiger partial charge on any atom is 0.264 e. The van der Waals surface area contributed by atoms with Crippen molar-refractivity contribution in [2.24, 2.45) is 17.8 Å². The Morgan fingerprint density at radius 2 is 2.06 bits per heavy atom.